The van der Waals surface area contributed by atoms with Crippen LogP contribution < -0.4 is 17.2 Å². The molecule has 0 aromatic rings. The third kappa shape index (κ3) is 15.3. The molecule has 0 rings (SSSR count). The molecule has 0 unspecified atom stereocenters. The summed E-state index contributed by atoms with van der Waals surface area (Å²) in [4.78, 5) is 14.2. The first-order valence-corrected chi connectivity index (χ1v) is 5.14. The number of nitrogens with two attached hydrogens (primary N) is 3. The minimum absolute atomic E-state index is 0. The van der Waals surface area contributed by atoms with Crippen molar-refractivity contribution < 1.29 is 4.79 Å². The molecule has 0 aliphatic heterocycles. The van der Waals surface area contributed by atoms with E-state index in [1.165, 1.54) is 6.08 Å². The lowest BCUT2D eigenvalue weighted by molar-refractivity contribution is -0.113. The van der Waals surface area contributed by atoms with Gasteiger partial charge in [0.2, 0.25) is 5.91 Å². The number of nitrogens with zero attached hydrogens (tertiary/aromatic N) is 1. The molecule has 0 fully saturated rings. The van der Waals surface area contributed by atoms with Crippen molar-refractivity contribution in [1.82, 2.24) is 0 Å². The fraction of sp³-hybridized carbons (Fsp3) is 0.600. The maximum atomic E-state index is 10.3. The molecule has 0 aromatic heterocycles. The monoisotopic (exact) mass is 248 g/mol. The van der Waals surface area contributed by atoms with E-state index in [4.69, 9.17) is 17.2 Å². The molecule has 0 saturated heterocycles. The lowest BCUT2D eigenvalue weighted by Gasteiger charge is -1.97. The summed E-state index contributed by atoms with van der Waals surface area (Å²) in [6, 6.07) is 0. The Hall–Kier alpha value is -1.23. The van der Waals surface area contributed by atoms with Crippen molar-refractivity contribution in [3.05, 3.63) is 12.2 Å². The van der Waals surface area contributed by atoms with Gasteiger partial charge in [-0.25, -0.2) is 0 Å². The Morgan fingerprint density at radius 2 is 1.69 bits per heavy atom. The molecule has 0 heterocycles. The van der Waals surface area contributed by atoms with Crippen LogP contribution in [0.3, 0.4) is 0 Å². The molecule has 0 aliphatic carbocycles. The van der Waals surface area contributed by atoms with E-state index in [1.807, 2.05) is 0 Å². The molecule has 6 N–H and O–H groups in total. The first-order valence-electron chi connectivity index (χ1n) is 5.14. The van der Waals surface area contributed by atoms with Gasteiger partial charge in [-0.2, -0.15) is 0 Å². The highest BCUT2D eigenvalue weighted by Gasteiger charge is 1.89. The molecule has 94 valence electrons. The normalized spacial score (nSPS) is 9.75. The smallest absolute Gasteiger partial charge is 0.241 e. The molecule has 0 aromatic carbocycles. The average Bonchev–Trinajstić information content (AvgIpc) is 2.14. The Morgan fingerprint density at radius 1 is 1.06 bits per heavy atom. The molecule has 0 spiro atoms. The van der Waals surface area contributed by atoms with E-state index in [0.717, 1.165) is 32.1 Å². The van der Waals surface area contributed by atoms with Gasteiger partial charge in [-0.3, -0.25) is 9.79 Å². The Morgan fingerprint density at radius 3 is 2.25 bits per heavy atom. The van der Waals surface area contributed by atoms with Crippen LogP contribution >= 0.6 is 12.4 Å². The number of primary amides is 1. The second-order valence-corrected chi connectivity index (χ2v) is 3.31. The fourth-order valence-corrected chi connectivity index (χ4v) is 1.14. The van der Waals surface area contributed by atoms with Crippen LogP contribution in [0.5, 0.6) is 0 Å². The molecule has 0 radical (unpaired) electrons. The maximum absolute atomic E-state index is 10.3. The van der Waals surface area contributed by atoms with Crippen molar-refractivity contribution in [2.24, 2.45) is 22.2 Å². The van der Waals surface area contributed by atoms with Gasteiger partial charge in [-0.1, -0.05) is 18.9 Å². The van der Waals surface area contributed by atoms with Crippen LogP contribution in [-0.4, -0.2) is 18.4 Å². The number of carbonyl (C=O) groups is 1. The van der Waals surface area contributed by atoms with Gasteiger partial charge in [0.25, 0.3) is 0 Å². The predicted octanol–water partition coefficient (Wildman–Crippen LogP) is 0.674. The first kappa shape index (κ1) is 17.2. The standard InChI is InChI=1S/C10H20N4O.ClH/c11-9(15)7-5-3-1-2-4-6-8-14-10(12)13;/h5,7H,1-4,6,8H2,(H2,11,15)(H4,12,13,14);1H/b7-5+;. The number of aliphatic imine (C=N–C) groups is 1. The Labute approximate surface area is 103 Å². The molecule has 1 amide bonds. The van der Waals surface area contributed by atoms with Gasteiger partial charge in [0.15, 0.2) is 5.96 Å². The number of rotatable bonds is 8. The van der Waals surface area contributed by atoms with Crippen molar-refractivity contribution >= 4 is 24.3 Å². The van der Waals surface area contributed by atoms with Crippen LogP contribution in [0.2, 0.25) is 0 Å². The zero-order valence-electron chi connectivity index (χ0n) is 9.39. The Balaban J connectivity index is 0. The first-order chi connectivity index (χ1) is 7.13. The van der Waals surface area contributed by atoms with E-state index < -0.39 is 0 Å². The molecule has 0 atom stereocenters. The van der Waals surface area contributed by atoms with Crippen molar-refractivity contribution in [3.63, 3.8) is 0 Å². The van der Waals surface area contributed by atoms with Crippen LogP contribution in [-0.2, 0) is 4.79 Å². The summed E-state index contributed by atoms with van der Waals surface area (Å²) in [6.45, 7) is 0.694. The third-order valence-electron chi connectivity index (χ3n) is 1.86. The molecular weight excluding hydrogens is 228 g/mol. The number of hydrogen-bond acceptors (Lipinski definition) is 2. The van der Waals surface area contributed by atoms with Crippen LogP contribution in [0.25, 0.3) is 0 Å². The SMILES string of the molecule is Cl.NC(=O)/C=C/CCCCCCN=C(N)N. The Bertz CT molecular complexity index is 237. The zero-order chi connectivity index (χ0) is 11.5. The molecule has 0 aliphatic rings. The van der Waals surface area contributed by atoms with E-state index in [1.54, 1.807) is 6.08 Å². The van der Waals surface area contributed by atoms with Crippen LogP contribution in [0.4, 0.5) is 0 Å². The molecular formula is C10H21ClN4O. The minimum atomic E-state index is -0.386. The number of carbonyl (C=O) groups excluding carboxylic acids is 1. The highest BCUT2D eigenvalue weighted by atomic mass is 35.5. The molecule has 5 nitrogen and oxygen atoms in total. The van der Waals surface area contributed by atoms with E-state index >= 15 is 0 Å². The molecule has 0 bridgehead atoms. The number of halogens is 1. The number of guanidine groups is 1. The fourth-order valence-electron chi connectivity index (χ4n) is 1.14. The number of unbranched alkanes of at least 4 members (excludes halogenated alkanes) is 4. The summed E-state index contributed by atoms with van der Waals surface area (Å²) in [7, 11) is 0. The molecule has 6 heteroatoms. The van der Waals surface area contributed by atoms with Gasteiger partial charge >= 0.3 is 0 Å². The van der Waals surface area contributed by atoms with Crippen molar-refractivity contribution in [1.29, 1.82) is 0 Å². The summed E-state index contributed by atoms with van der Waals surface area (Å²) in [6.07, 6.45) is 8.37. The lowest BCUT2D eigenvalue weighted by atomic mass is 10.1. The van der Waals surface area contributed by atoms with Gasteiger partial charge in [-0.05, 0) is 25.3 Å². The third-order valence-corrected chi connectivity index (χ3v) is 1.86. The number of hydrogen-bond donors (Lipinski definition) is 3. The summed E-state index contributed by atoms with van der Waals surface area (Å²) in [5.41, 5.74) is 15.3. The number of amides is 1. The maximum Gasteiger partial charge on any atom is 0.241 e. The van der Waals surface area contributed by atoms with E-state index in [9.17, 15) is 4.79 Å². The van der Waals surface area contributed by atoms with Crippen LogP contribution in [0, 0.1) is 0 Å². The van der Waals surface area contributed by atoms with Gasteiger partial charge in [0.1, 0.15) is 0 Å². The van der Waals surface area contributed by atoms with Gasteiger partial charge in [0.05, 0.1) is 0 Å². The Kier molecular flexibility index (Phi) is 12.7. The summed E-state index contributed by atoms with van der Waals surface area (Å²) >= 11 is 0. The second kappa shape index (κ2) is 11.8. The highest BCUT2D eigenvalue weighted by Crippen LogP contribution is 2.03. The van der Waals surface area contributed by atoms with Crippen LogP contribution in [0.15, 0.2) is 17.1 Å². The quantitative estimate of drug-likeness (QED) is 0.254. The topological polar surface area (TPSA) is 107 Å². The largest absolute Gasteiger partial charge is 0.370 e. The molecule has 16 heavy (non-hydrogen) atoms. The predicted molar refractivity (Wildman–Crippen MR) is 69.3 cm³/mol. The van der Waals surface area contributed by atoms with Gasteiger partial charge in [-0.15, -0.1) is 12.4 Å². The van der Waals surface area contributed by atoms with Crippen LogP contribution in [0.1, 0.15) is 32.1 Å². The van der Waals surface area contributed by atoms with Crippen molar-refractivity contribution in [2.45, 2.75) is 32.1 Å². The van der Waals surface area contributed by atoms with Gasteiger partial charge < -0.3 is 17.2 Å². The van der Waals surface area contributed by atoms with E-state index in [2.05, 4.69) is 4.99 Å². The minimum Gasteiger partial charge on any atom is -0.370 e. The molecule has 0 saturated carbocycles. The lowest BCUT2D eigenvalue weighted by Crippen LogP contribution is -2.22. The number of allylic oxidation sites excluding steroid dienone is 1. The van der Waals surface area contributed by atoms with E-state index in [0.29, 0.717) is 6.54 Å². The van der Waals surface area contributed by atoms with Gasteiger partial charge in [0, 0.05) is 6.54 Å². The summed E-state index contributed by atoms with van der Waals surface area (Å²) < 4.78 is 0. The summed E-state index contributed by atoms with van der Waals surface area (Å²) in [5.74, 6) is -0.234. The second-order valence-electron chi connectivity index (χ2n) is 3.31. The van der Waals surface area contributed by atoms with E-state index in [-0.39, 0.29) is 24.3 Å². The van der Waals surface area contributed by atoms with Crippen molar-refractivity contribution in [2.75, 3.05) is 6.54 Å². The average molecular weight is 249 g/mol. The zero-order valence-corrected chi connectivity index (χ0v) is 10.2. The summed E-state index contributed by atoms with van der Waals surface area (Å²) in [5, 5.41) is 0. The highest BCUT2D eigenvalue weighted by molar-refractivity contribution is 5.85. The van der Waals surface area contributed by atoms with Crippen molar-refractivity contribution in [3.8, 4) is 0 Å².